The van der Waals surface area contributed by atoms with E-state index in [1.54, 1.807) is 0 Å². The molecule has 0 aromatic heterocycles. The smallest absolute Gasteiger partial charge is 0.0223 e. The molecule has 0 amide bonds. The monoisotopic (exact) mass is 214 g/mol. The van der Waals surface area contributed by atoms with Crippen molar-refractivity contribution in [2.75, 3.05) is 13.1 Å². The first-order valence-electron chi connectivity index (χ1n) is 6.57. The van der Waals surface area contributed by atoms with Gasteiger partial charge in [0.15, 0.2) is 0 Å². The minimum absolute atomic E-state index is 0.629. The number of nitrogens with zero attached hydrogens (tertiary/aromatic N) is 1. The Morgan fingerprint density at radius 1 is 1.07 bits per heavy atom. The maximum absolute atomic E-state index is 3.58. The van der Waals surface area contributed by atoms with E-state index in [4.69, 9.17) is 0 Å². The van der Waals surface area contributed by atoms with E-state index in [1.807, 2.05) is 0 Å². The second kappa shape index (κ2) is 8.12. The molecule has 0 aliphatic carbocycles. The normalized spacial score (nSPS) is 16.0. The Hall–Kier alpha value is -0.0800. The lowest BCUT2D eigenvalue weighted by Crippen LogP contribution is -2.50. The van der Waals surface area contributed by atoms with Gasteiger partial charge in [-0.25, -0.2) is 0 Å². The van der Waals surface area contributed by atoms with Crippen molar-refractivity contribution in [3.63, 3.8) is 0 Å². The molecule has 2 unspecified atom stereocenters. The van der Waals surface area contributed by atoms with Gasteiger partial charge in [-0.1, -0.05) is 20.8 Å². The van der Waals surface area contributed by atoms with Crippen LogP contribution in [0.3, 0.4) is 0 Å². The Balaban J connectivity index is 4.36. The Morgan fingerprint density at radius 3 is 2.00 bits per heavy atom. The second-order valence-electron chi connectivity index (χ2n) is 4.64. The number of hydrogen-bond donors (Lipinski definition) is 1. The molecule has 0 aliphatic rings. The highest BCUT2D eigenvalue weighted by molar-refractivity contribution is 4.81. The molecule has 0 radical (unpaired) electrons. The summed E-state index contributed by atoms with van der Waals surface area (Å²) < 4.78 is 0. The molecule has 0 fully saturated rings. The average Bonchev–Trinajstić information content (AvgIpc) is 2.21. The second-order valence-corrected chi connectivity index (χ2v) is 4.64. The first-order chi connectivity index (χ1) is 7.08. The highest BCUT2D eigenvalue weighted by Gasteiger charge is 2.22. The zero-order valence-electron chi connectivity index (χ0n) is 11.5. The topological polar surface area (TPSA) is 15.3 Å². The highest BCUT2D eigenvalue weighted by atomic mass is 15.2. The molecule has 0 aliphatic heterocycles. The molecule has 2 heteroatoms. The lowest BCUT2D eigenvalue weighted by molar-refractivity contribution is 0.130. The van der Waals surface area contributed by atoms with E-state index in [0.29, 0.717) is 18.1 Å². The van der Waals surface area contributed by atoms with Gasteiger partial charge in [-0.2, -0.15) is 0 Å². The van der Waals surface area contributed by atoms with Gasteiger partial charge < -0.3 is 5.32 Å². The zero-order valence-corrected chi connectivity index (χ0v) is 11.5. The first-order valence-corrected chi connectivity index (χ1v) is 6.57. The molecule has 92 valence electrons. The molecule has 0 heterocycles. The average molecular weight is 214 g/mol. The van der Waals surface area contributed by atoms with E-state index in [9.17, 15) is 0 Å². The predicted molar refractivity (Wildman–Crippen MR) is 69.4 cm³/mol. The summed E-state index contributed by atoms with van der Waals surface area (Å²) in [5.74, 6) is 0. The molecule has 0 aromatic carbocycles. The van der Waals surface area contributed by atoms with E-state index >= 15 is 0 Å². The van der Waals surface area contributed by atoms with Crippen molar-refractivity contribution in [3.8, 4) is 0 Å². The molecule has 2 nitrogen and oxygen atoms in total. The molecule has 1 N–H and O–H groups in total. The van der Waals surface area contributed by atoms with E-state index in [1.165, 1.54) is 19.4 Å². The van der Waals surface area contributed by atoms with Gasteiger partial charge in [-0.05, 0) is 46.7 Å². The van der Waals surface area contributed by atoms with E-state index in [-0.39, 0.29) is 0 Å². The molecule has 0 saturated heterocycles. The Bertz CT molecular complexity index is 145. The van der Waals surface area contributed by atoms with Gasteiger partial charge in [0.05, 0.1) is 0 Å². The Kier molecular flexibility index (Phi) is 8.07. The molecule has 0 aromatic rings. The van der Waals surface area contributed by atoms with Gasteiger partial charge in [-0.3, -0.25) is 4.90 Å². The van der Waals surface area contributed by atoms with Gasteiger partial charge in [-0.15, -0.1) is 0 Å². The fourth-order valence-corrected chi connectivity index (χ4v) is 2.34. The van der Waals surface area contributed by atoms with E-state index in [0.717, 1.165) is 6.54 Å². The number of hydrogen-bond acceptors (Lipinski definition) is 2. The van der Waals surface area contributed by atoms with Gasteiger partial charge in [0.2, 0.25) is 0 Å². The molecule has 2 atom stereocenters. The maximum Gasteiger partial charge on any atom is 0.0223 e. The summed E-state index contributed by atoms with van der Waals surface area (Å²) in [5, 5.41) is 3.58. The fourth-order valence-electron chi connectivity index (χ4n) is 2.34. The van der Waals surface area contributed by atoms with Crippen molar-refractivity contribution < 1.29 is 0 Å². The predicted octanol–water partition coefficient (Wildman–Crippen LogP) is 2.88. The maximum atomic E-state index is 3.58. The lowest BCUT2D eigenvalue weighted by atomic mass is 10.0. The highest BCUT2D eigenvalue weighted by Crippen LogP contribution is 2.12. The third kappa shape index (κ3) is 4.98. The molecule has 0 rings (SSSR count). The van der Waals surface area contributed by atoms with Gasteiger partial charge >= 0.3 is 0 Å². The number of nitrogens with one attached hydrogen (secondary N) is 1. The molecule has 15 heavy (non-hydrogen) atoms. The summed E-state index contributed by atoms with van der Waals surface area (Å²) in [6.07, 6.45) is 2.45. The fraction of sp³-hybridized carbons (Fsp3) is 1.00. The van der Waals surface area contributed by atoms with Crippen molar-refractivity contribution in [3.05, 3.63) is 0 Å². The van der Waals surface area contributed by atoms with Crippen LogP contribution in [0.25, 0.3) is 0 Å². The van der Waals surface area contributed by atoms with Crippen LogP contribution in [0.5, 0.6) is 0 Å². The third-order valence-electron chi connectivity index (χ3n) is 3.16. The number of rotatable bonds is 8. The summed E-state index contributed by atoms with van der Waals surface area (Å²) in [6.45, 7) is 15.9. The van der Waals surface area contributed by atoms with Crippen molar-refractivity contribution in [1.82, 2.24) is 10.2 Å². The van der Waals surface area contributed by atoms with Crippen molar-refractivity contribution in [1.29, 1.82) is 0 Å². The first kappa shape index (κ1) is 14.9. The van der Waals surface area contributed by atoms with E-state index in [2.05, 4.69) is 51.8 Å². The van der Waals surface area contributed by atoms with Crippen LogP contribution in [0.4, 0.5) is 0 Å². The van der Waals surface area contributed by atoms with Crippen LogP contribution in [0, 0.1) is 0 Å². The van der Waals surface area contributed by atoms with Crippen LogP contribution < -0.4 is 5.32 Å². The van der Waals surface area contributed by atoms with Gasteiger partial charge in [0, 0.05) is 18.1 Å². The minimum atomic E-state index is 0.629. The summed E-state index contributed by atoms with van der Waals surface area (Å²) in [5.41, 5.74) is 0. The van der Waals surface area contributed by atoms with Crippen LogP contribution in [0.1, 0.15) is 54.4 Å². The molecule has 0 saturated carbocycles. The largest absolute Gasteiger partial charge is 0.313 e. The Morgan fingerprint density at radius 2 is 1.67 bits per heavy atom. The molecule has 0 spiro atoms. The molecular formula is C13H30N2. The van der Waals surface area contributed by atoms with Crippen molar-refractivity contribution >= 4 is 0 Å². The molecule has 0 bridgehead atoms. The summed E-state index contributed by atoms with van der Waals surface area (Å²) in [7, 11) is 0. The van der Waals surface area contributed by atoms with Crippen LogP contribution in [-0.2, 0) is 0 Å². The lowest BCUT2D eigenvalue weighted by Gasteiger charge is -2.37. The van der Waals surface area contributed by atoms with Gasteiger partial charge in [0.25, 0.3) is 0 Å². The molecular weight excluding hydrogens is 184 g/mol. The van der Waals surface area contributed by atoms with Crippen LogP contribution in [0.2, 0.25) is 0 Å². The minimum Gasteiger partial charge on any atom is -0.313 e. The summed E-state index contributed by atoms with van der Waals surface area (Å²) >= 11 is 0. The van der Waals surface area contributed by atoms with Crippen LogP contribution >= 0.6 is 0 Å². The number of likely N-dealkylation sites (N-methyl/N-ethyl adjacent to an activating group) is 1. The summed E-state index contributed by atoms with van der Waals surface area (Å²) in [4.78, 5) is 2.61. The van der Waals surface area contributed by atoms with Gasteiger partial charge in [0.1, 0.15) is 0 Å². The summed E-state index contributed by atoms with van der Waals surface area (Å²) in [6, 6.07) is 1.91. The van der Waals surface area contributed by atoms with Crippen LogP contribution in [-0.4, -0.2) is 36.1 Å². The Labute approximate surface area is 96.4 Å². The quantitative estimate of drug-likeness (QED) is 0.668. The third-order valence-corrected chi connectivity index (χ3v) is 3.16. The standard InChI is InChI=1S/C13H30N2/c1-7-10-15(11(4)5)12(6)13(8-2)14-9-3/h11-14H,7-10H2,1-6H3. The van der Waals surface area contributed by atoms with E-state index < -0.39 is 0 Å². The van der Waals surface area contributed by atoms with Crippen molar-refractivity contribution in [2.45, 2.75) is 72.5 Å². The zero-order chi connectivity index (χ0) is 11.8. The SMILES string of the molecule is CCCN(C(C)C)C(C)C(CC)NCC. The van der Waals surface area contributed by atoms with Crippen LogP contribution in [0.15, 0.2) is 0 Å². The van der Waals surface area contributed by atoms with Crippen molar-refractivity contribution in [2.24, 2.45) is 0 Å².